The molecule has 1 heterocycles. The zero-order valence-electron chi connectivity index (χ0n) is 11.9. The summed E-state index contributed by atoms with van der Waals surface area (Å²) in [7, 11) is 0. The van der Waals surface area contributed by atoms with E-state index in [9.17, 15) is 9.59 Å². The Bertz CT molecular complexity index is 706. The molecule has 0 radical (unpaired) electrons. The quantitative estimate of drug-likeness (QED) is 0.494. The molecule has 0 aliphatic carbocycles. The third-order valence-corrected chi connectivity index (χ3v) is 4.18. The molecule has 1 aromatic carbocycles. The molecule has 0 aliphatic rings. The van der Waals surface area contributed by atoms with Gasteiger partial charge in [0.25, 0.3) is 5.91 Å². The summed E-state index contributed by atoms with van der Waals surface area (Å²) in [6.45, 7) is 4.67. The number of amides is 1. The lowest BCUT2D eigenvalue weighted by molar-refractivity contribution is 0.0953. The summed E-state index contributed by atoms with van der Waals surface area (Å²) in [6, 6.07) is 6.72. The SMILES string of the molecule is Cc1sc(=O)n(CCOc2cccc(C(=O)NN)c2)c1C. The van der Waals surface area contributed by atoms with E-state index < -0.39 is 0 Å². The third-order valence-electron chi connectivity index (χ3n) is 3.19. The minimum atomic E-state index is -0.374. The summed E-state index contributed by atoms with van der Waals surface area (Å²) in [4.78, 5) is 24.2. The molecule has 0 atom stereocenters. The van der Waals surface area contributed by atoms with Gasteiger partial charge >= 0.3 is 4.87 Å². The number of thiazole rings is 1. The van der Waals surface area contributed by atoms with E-state index >= 15 is 0 Å². The van der Waals surface area contributed by atoms with E-state index in [4.69, 9.17) is 10.6 Å². The second kappa shape index (κ2) is 6.55. The fourth-order valence-electron chi connectivity index (χ4n) is 1.91. The van der Waals surface area contributed by atoms with Crippen molar-refractivity contribution in [3.05, 3.63) is 50.1 Å². The Balaban J connectivity index is 2.01. The van der Waals surface area contributed by atoms with Crippen molar-refractivity contribution in [3.8, 4) is 5.75 Å². The Morgan fingerprint density at radius 2 is 2.19 bits per heavy atom. The second-order valence-corrected chi connectivity index (χ2v) is 5.68. The van der Waals surface area contributed by atoms with Crippen molar-refractivity contribution in [2.45, 2.75) is 20.4 Å². The summed E-state index contributed by atoms with van der Waals surface area (Å²) in [5.74, 6) is 5.28. The lowest BCUT2D eigenvalue weighted by Crippen LogP contribution is -2.29. The van der Waals surface area contributed by atoms with Gasteiger partial charge < -0.3 is 4.74 Å². The Hall–Kier alpha value is -2.12. The highest BCUT2D eigenvalue weighted by molar-refractivity contribution is 7.09. The Morgan fingerprint density at radius 3 is 2.81 bits per heavy atom. The summed E-state index contributed by atoms with van der Waals surface area (Å²) < 4.78 is 7.28. The summed E-state index contributed by atoms with van der Waals surface area (Å²) in [5.41, 5.74) is 3.46. The lowest BCUT2D eigenvalue weighted by atomic mass is 10.2. The number of hydrogen-bond donors (Lipinski definition) is 2. The number of nitrogens with zero attached hydrogens (tertiary/aromatic N) is 1. The molecule has 3 N–H and O–H groups in total. The van der Waals surface area contributed by atoms with Crippen LogP contribution in [0.5, 0.6) is 5.75 Å². The number of nitrogens with two attached hydrogens (primary N) is 1. The molecule has 6 nitrogen and oxygen atoms in total. The molecule has 0 fully saturated rings. The number of hydrogen-bond acceptors (Lipinski definition) is 5. The molecular formula is C14H17N3O3S. The first-order valence-corrected chi connectivity index (χ1v) is 7.25. The van der Waals surface area contributed by atoms with Crippen LogP contribution in [0.15, 0.2) is 29.1 Å². The number of hydrazine groups is 1. The Labute approximate surface area is 126 Å². The van der Waals surface area contributed by atoms with Gasteiger partial charge in [-0.1, -0.05) is 17.4 Å². The monoisotopic (exact) mass is 307 g/mol. The van der Waals surface area contributed by atoms with Crippen LogP contribution >= 0.6 is 11.3 Å². The molecule has 0 saturated carbocycles. The molecule has 7 heteroatoms. The zero-order chi connectivity index (χ0) is 15.4. The van der Waals surface area contributed by atoms with Gasteiger partial charge in [0.15, 0.2) is 0 Å². The van der Waals surface area contributed by atoms with Gasteiger partial charge in [0, 0.05) is 16.1 Å². The number of nitrogen functional groups attached to an aromatic ring is 1. The molecular weight excluding hydrogens is 290 g/mol. The Morgan fingerprint density at radius 1 is 1.43 bits per heavy atom. The van der Waals surface area contributed by atoms with E-state index in [2.05, 4.69) is 5.43 Å². The van der Waals surface area contributed by atoms with Gasteiger partial charge in [-0.15, -0.1) is 0 Å². The number of ether oxygens (including phenoxy) is 1. The zero-order valence-corrected chi connectivity index (χ0v) is 12.7. The summed E-state index contributed by atoms with van der Waals surface area (Å²) in [5, 5.41) is 0. The van der Waals surface area contributed by atoms with Gasteiger partial charge in [-0.3, -0.25) is 19.6 Å². The number of carbonyl (C=O) groups excluding carboxylic acids is 1. The number of carbonyl (C=O) groups is 1. The van der Waals surface area contributed by atoms with Crippen LogP contribution in [0.4, 0.5) is 0 Å². The maximum atomic E-state index is 11.7. The average Bonchev–Trinajstić information content (AvgIpc) is 2.73. The summed E-state index contributed by atoms with van der Waals surface area (Å²) in [6.07, 6.45) is 0. The van der Waals surface area contributed by atoms with Crippen LogP contribution in [-0.2, 0) is 6.54 Å². The number of nitrogens with one attached hydrogen (secondary N) is 1. The highest BCUT2D eigenvalue weighted by Crippen LogP contribution is 2.14. The van der Waals surface area contributed by atoms with Crippen LogP contribution in [0.1, 0.15) is 20.9 Å². The average molecular weight is 307 g/mol. The van der Waals surface area contributed by atoms with E-state index in [1.54, 1.807) is 28.8 Å². The van der Waals surface area contributed by atoms with Crippen molar-refractivity contribution < 1.29 is 9.53 Å². The van der Waals surface area contributed by atoms with Crippen molar-refractivity contribution in [1.82, 2.24) is 9.99 Å². The van der Waals surface area contributed by atoms with E-state index in [1.807, 2.05) is 13.8 Å². The minimum Gasteiger partial charge on any atom is -0.492 e. The first-order chi connectivity index (χ1) is 10.0. The van der Waals surface area contributed by atoms with Crippen molar-refractivity contribution >= 4 is 17.2 Å². The standard InChI is InChI=1S/C14H17N3O3S/c1-9-10(2)21-14(19)17(9)6-7-20-12-5-3-4-11(8-12)13(18)16-15/h3-5,8H,6-7,15H2,1-2H3,(H,16,18). The van der Waals surface area contributed by atoms with Crippen molar-refractivity contribution in [2.24, 2.45) is 5.84 Å². The molecule has 21 heavy (non-hydrogen) atoms. The summed E-state index contributed by atoms with van der Waals surface area (Å²) >= 11 is 1.24. The number of benzene rings is 1. The largest absolute Gasteiger partial charge is 0.492 e. The molecule has 0 unspecified atom stereocenters. The van der Waals surface area contributed by atoms with Crippen LogP contribution in [0, 0.1) is 13.8 Å². The van der Waals surface area contributed by atoms with Crippen LogP contribution in [0.2, 0.25) is 0 Å². The van der Waals surface area contributed by atoms with Crippen molar-refractivity contribution in [3.63, 3.8) is 0 Å². The molecule has 1 aromatic heterocycles. The molecule has 0 spiro atoms. The number of rotatable bonds is 5. The molecule has 2 aromatic rings. The fraction of sp³-hybridized carbons (Fsp3) is 0.286. The van der Waals surface area contributed by atoms with Crippen LogP contribution in [0.3, 0.4) is 0 Å². The molecule has 112 valence electrons. The molecule has 0 bridgehead atoms. The molecule has 0 saturated heterocycles. The van der Waals surface area contributed by atoms with E-state index in [0.717, 1.165) is 10.6 Å². The van der Waals surface area contributed by atoms with Gasteiger partial charge in [-0.2, -0.15) is 0 Å². The van der Waals surface area contributed by atoms with Crippen LogP contribution < -0.4 is 20.9 Å². The topological polar surface area (TPSA) is 86.3 Å². The highest BCUT2D eigenvalue weighted by Gasteiger charge is 2.08. The van der Waals surface area contributed by atoms with E-state index in [-0.39, 0.29) is 10.8 Å². The first kappa shape index (κ1) is 15.3. The highest BCUT2D eigenvalue weighted by atomic mass is 32.1. The number of aryl methyl sites for hydroxylation is 1. The van der Waals surface area contributed by atoms with Gasteiger partial charge in [-0.25, -0.2) is 5.84 Å². The molecule has 1 amide bonds. The van der Waals surface area contributed by atoms with Gasteiger partial charge in [0.05, 0.1) is 6.54 Å². The third kappa shape index (κ3) is 3.50. The van der Waals surface area contributed by atoms with Gasteiger partial charge in [0.2, 0.25) is 0 Å². The van der Waals surface area contributed by atoms with Crippen molar-refractivity contribution in [2.75, 3.05) is 6.61 Å². The molecule has 2 rings (SSSR count). The second-order valence-electron chi connectivity index (χ2n) is 4.51. The number of aromatic nitrogens is 1. The van der Waals surface area contributed by atoms with E-state index in [1.165, 1.54) is 11.3 Å². The first-order valence-electron chi connectivity index (χ1n) is 6.43. The Kier molecular flexibility index (Phi) is 4.77. The van der Waals surface area contributed by atoms with Gasteiger partial charge in [-0.05, 0) is 32.0 Å². The minimum absolute atomic E-state index is 0.0184. The smallest absolute Gasteiger partial charge is 0.307 e. The normalized spacial score (nSPS) is 10.4. The van der Waals surface area contributed by atoms with E-state index in [0.29, 0.717) is 24.5 Å². The maximum absolute atomic E-state index is 11.7. The lowest BCUT2D eigenvalue weighted by Gasteiger charge is -2.09. The van der Waals surface area contributed by atoms with Crippen molar-refractivity contribution in [1.29, 1.82) is 0 Å². The van der Waals surface area contributed by atoms with Crippen LogP contribution in [0.25, 0.3) is 0 Å². The maximum Gasteiger partial charge on any atom is 0.307 e. The van der Waals surface area contributed by atoms with Gasteiger partial charge in [0.1, 0.15) is 12.4 Å². The predicted molar refractivity (Wildman–Crippen MR) is 81.6 cm³/mol. The predicted octanol–water partition coefficient (Wildman–Crippen LogP) is 1.21. The van der Waals surface area contributed by atoms with Crippen LogP contribution in [-0.4, -0.2) is 17.1 Å². The fourth-order valence-corrected chi connectivity index (χ4v) is 2.77. The molecule has 0 aliphatic heterocycles.